The van der Waals surface area contributed by atoms with Crippen molar-refractivity contribution in [3.05, 3.63) is 0 Å². The first-order valence-electron chi connectivity index (χ1n) is 7.22. The summed E-state index contributed by atoms with van der Waals surface area (Å²) < 4.78 is 30.6. The fraction of sp³-hybridized carbons (Fsp3) is 1.00. The number of nitrogens with two attached hydrogens (primary N) is 1. The SMILES string of the molecule is CC1CCC(C(N)CC2CCCN(S(C)(=O)=O)C2)O1. The maximum absolute atomic E-state index is 11.6. The molecule has 0 aromatic rings. The topological polar surface area (TPSA) is 72.6 Å². The summed E-state index contributed by atoms with van der Waals surface area (Å²) in [5.74, 6) is 0.373. The van der Waals surface area contributed by atoms with Crippen molar-refractivity contribution < 1.29 is 13.2 Å². The first-order chi connectivity index (χ1) is 8.86. The van der Waals surface area contributed by atoms with Crippen LogP contribution in [0.5, 0.6) is 0 Å². The van der Waals surface area contributed by atoms with Crippen LogP contribution in [0.3, 0.4) is 0 Å². The Balaban J connectivity index is 1.85. The van der Waals surface area contributed by atoms with E-state index in [2.05, 4.69) is 6.92 Å². The lowest BCUT2D eigenvalue weighted by atomic mass is 9.90. The minimum Gasteiger partial charge on any atom is -0.374 e. The summed E-state index contributed by atoms with van der Waals surface area (Å²) in [5, 5.41) is 0. The van der Waals surface area contributed by atoms with E-state index in [0.717, 1.165) is 32.1 Å². The molecule has 2 fully saturated rings. The Morgan fingerprint density at radius 3 is 2.68 bits per heavy atom. The molecule has 2 N–H and O–H groups in total. The Hall–Kier alpha value is -0.170. The van der Waals surface area contributed by atoms with Crippen molar-refractivity contribution in [1.82, 2.24) is 4.31 Å². The molecule has 2 rings (SSSR count). The zero-order chi connectivity index (χ0) is 14.0. The van der Waals surface area contributed by atoms with E-state index in [1.54, 1.807) is 4.31 Å². The van der Waals surface area contributed by atoms with Gasteiger partial charge in [-0.15, -0.1) is 0 Å². The lowest BCUT2D eigenvalue weighted by Gasteiger charge is -2.33. The maximum atomic E-state index is 11.6. The van der Waals surface area contributed by atoms with E-state index in [0.29, 0.717) is 25.1 Å². The van der Waals surface area contributed by atoms with Crippen LogP contribution in [-0.4, -0.2) is 50.3 Å². The Bertz CT molecular complexity index is 399. The second-order valence-electron chi connectivity index (χ2n) is 6.09. The van der Waals surface area contributed by atoms with E-state index in [9.17, 15) is 8.42 Å². The van der Waals surface area contributed by atoms with Gasteiger partial charge >= 0.3 is 0 Å². The van der Waals surface area contributed by atoms with Crippen molar-refractivity contribution >= 4 is 10.0 Å². The van der Waals surface area contributed by atoms with Crippen molar-refractivity contribution in [3.8, 4) is 0 Å². The quantitative estimate of drug-likeness (QED) is 0.836. The molecule has 0 spiro atoms. The van der Waals surface area contributed by atoms with E-state index in [-0.39, 0.29) is 12.1 Å². The van der Waals surface area contributed by atoms with Gasteiger partial charge < -0.3 is 10.5 Å². The second kappa shape index (κ2) is 6.08. The Kier molecular flexibility index (Phi) is 4.87. The van der Waals surface area contributed by atoms with E-state index in [1.807, 2.05) is 0 Å². The van der Waals surface area contributed by atoms with Gasteiger partial charge in [0.05, 0.1) is 18.5 Å². The number of nitrogens with zero attached hydrogens (tertiary/aromatic N) is 1. The summed E-state index contributed by atoms with van der Waals surface area (Å²) in [5.41, 5.74) is 6.23. The molecule has 2 aliphatic heterocycles. The average Bonchev–Trinajstić information content (AvgIpc) is 2.75. The van der Waals surface area contributed by atoms with E-state index in [4.69, 9.17) is 10.5 Å². The summed E-state index contributed by atoms with van der Waals surface area (Å²) in [7, 11) is -3.06. The van der Waals surface area contributed by atoms with Crippen molar-refractivity contribution in [2.45, 2.75) is 57.3 Å². The van der Waals surface area contributed by atoms with Gasteiger partial charge in [-0.1, -0.05) is 0 Å². The average molecular weight is 290 g/mol. The van der Waals surface area contributed by atoms with Gasteiger partial charge in [0.15, 0.2) is 0 Å². The van der Waals surface area contributed by atoms with Gasteiger partial charge in [-0.3, -0.25) is 0 Å². The first kappa shape index (κ1) is 15.2. The molecule has 5 nitrogen and oxygen atoms in total. The third-order valence-electron chi connectivity index (χ3n) is 4.30. The molecule has 0 radical (unpaired) electrons. The number of hydrogen-bond donors (Lipinski definition) is 1. The minimum absolute atomic E-state index is 0.0365. The minimum atomic E-state index is -3.06. The Labute approximate surface area is 116 Å². The molecule has 0 aliphatic carbocycles. The predicted octanol–water partition coefficient (Wildman–Crippen LogP) is 0.943. The molecule has 4 unspecified atom stereocenters. The van der Waals surface area contributed by atoms with Crippen LogP contribution < -0.4 is 5.73 Å². The maximum Gasteiger partial charge on any atom is 0.211 e. The van der Waals surface area contributed by atoms with Crippen LogP contribution in [0.15, 0.2) is 0 Å². The molecule has 0 aromatic carbocycles. The van der Waals surface area contributed by atoms with Crippen LogP contribution in [0.25, 0.3) is 0 Å². The summed E-state index contributed by atoms with van der Waals surface area (Å²) in [6.07, 6.45) is 6.75. The number of piperidine rings is 1. The van der Waals surface area contributed by atoms with Crippen molar-refractivity contribution in [3.63, 3.8) is 0 Å². The van der Waals surface area contributed by atoms with Crippen LogP contribution in [0.4, 0.5) is 0 Å². The van der Waals surface area contributed by atoms with E-state index in [1.165, 1.54) is 6.26 Å². The lowest BCUT2D eigenvalue weighted by molar-refractivity contribution is 0.0333. The van der Waals surface area contributed by atoms with Crippen LogP contribution >= 0.6 is 0 Å². The van der Waals surface area contributed by atoms with E-state index >= 15 is 0 Å². The molecule has 2 saturated heterocycles. The fourth-order valence-corrected chi connectivity index (χ4v) is 4.15. The molecule has 4 atom stereocenters. The molecule has 2 heterocycles. The highest BCUT2D eigenvalue weighted by atomic mass is 32.2. The predicted molar refractivity (Wildman–Crippen MR) is 75.3 cm³/mol. The number of ether oxygens (including phenoxy) is 1. The summed E-state index contributed by atoms with van der Waals surface area (Å²) in [6.45, 7) is 3.36. The van der Waals surface area contributed by atoms with Gasteiger partial charge in [0.25, 0.3) is 0 Å². The van der Waals surface area contributed by atoms with Crippen LogP contribution in [-0.2, 0) is 14.8 Å². The van der Waals surface area contributed by atoms with Gasteiger partial charge in [0.2, 0.25) is 10.0 Å². The van der Waals surface area contributed by atoms with Crippen molar-refractivity contribution in [1.29, 1.82) is 0 Å². The molecule has 0 amide bonds. The first-order valence-corrected chi connectivity index (χ1v) is 9.07. The van der Waals surface area contributed by atoms with E-state index < -0.39 is 10.0 Å². The largest absolute Gasteiger partial charge is 0.374 e. The molecule has 2 aliphatic rings. The standard InChI is InChI=1S/C13H26N2O3S/c1-10-5-6-13(18-10)12(14)8-11-4-3-7-15(9-11)19(2,16)17/h10-13H,3-9,14H2,1-2H3. The van der Waals surface area contributed by atoms with Gasteiger partial charge in [0, 0.05) is 19.1 Å². The lowest BCUT2D eigenvalue weighted by Crippen LogP contribution is -2.43. The van der Waals surface area contributed by atoms with Gasteiger partial charge in [-0.2, -0.15) is 0 Å². The molecular weight excluding hydrogens is 264 g/mol. The van der Waals surface area contributed by atoms with Crippen LogP contribution in [0.2, 0.25) is 0 Å². The van der Waals surface area contributed by atoms with Gasteiger partial charge in [-0.05, 0) is 44.9 Å². The molecule has 0 aromatic heterocycles. The van der Waals surface area contributed by atoms with Crippen LogP contribution in [0, 0.1) is 5.92 Å². The summed E-state index contributed by atoms with van der Waals surface area (Å²) >= 11 is 0. The monoisotopic (exact) mass is 290 g/mol. The highest BCUT2D eigenvalue weighted by Crippen LogP contribution is 2.27. The normalized spacial score (nSPS) is 35.4. The molecule has 19 heavy (non-hydrogen) atoms. The van der Waals surface area contributed by atoms with Crippen LogP contribution in [0.1, 0.15) is 39.0 Å². The summed E-state index contributed by atoms with van der Waals surface area (Å²) in [4.78, 5) is 0. The van der Waals surface area contributed by atoms with Crippen molar-refractivity contribution in [2.24, 2.45) is 11.7 Å². The number of hydrogen-bond acceptors (Lipinski definition) is 4. The van der Waals surface area contributed by atoms with Crippen molar-refractivity contribution in [2.75, 3.05) is 19.3 Å². The molecular formula is C13H26N2O3S. The highest BCUT2D eigenvalue weighted by molar-refractivity contribution is 7.88. The molecule has 6 heteroatoms. The number of sulfonamides is 1. The smallest absolute Gasteiger partial charge is 0.211 e. The second-order valence-corrected chi connectivity index (χ2v) is 8.07. The fourth-order valence-electron chi connectivity index (χ4n) is 3.21. The number of rotatable bonds is 4. The zero-order valence-electron chi connectivity index (χ0n) is 11.9. The van der Waals surface area contributed by atoms with Gasteiger partial charge in [0.1, 0.15) is 0 Å². The Morgan fingerprint density at radius 2 is 2.11 bits per heavy atom. The molecule has 0 saturated carbocycles. The van der Waals surface area contributed by atoms with Gasteiger partial charge in [-0.25, -0.2) is 12.7 Å². The zero-order valence-corrected chi connectivity index (χ0v) is 12.7. The highest BCUT2D eigenvalue weighted by Gasteiger charge is 2.32. The molecule has 0 bridgehead atoms. The molecule has 112 valence electrons. The summed E-state index contributed by atoms with van der Waals surface area (Å²) in [6, 6.07) is 0.0365. The third-order valence-corrected chi connectivity index (χ3v) is 5.57. The third kappa shape index (κ3) is 4.15. The Morgan fingerprint density at radius 1 is 1.37 bits per heavy atom.